The molecule has 1 unspecified atom stereocenters. The van der Waals surface area contributed by atoms with E-state index < -0.39 is 10.0 Å². The first-order valence-electron chi connectivity index (χ1n) is 11.4. The Morgan fingerprint density at radius 2 is 1.82 bits per heavy atom. The number of aromatic nitrogens is 1. The van der Waals surface area contributed by atoms with E-state index in [2.05, 4.69) is 5.32 Å². The molecule has 2 aromatic carbocycles. The molecule has 7 nitrogen and oxygen atoms in total. The highest BCUT2D eigenvalue weighted by Gasteiger charge is 2.31. The Balaban J connectivity index is 1.51. The summed E-state index contributed by atoms with van der Waals surface area (Å²) >= 11 is 0. The van der Waals surface area contributed by atoms with Crippen molar-refractivity contribution < 1.29 is 13.2 Å². The second-order valence-electron chi connectivity index (χ2n) is 8.76. The molecule has 0 spiro atoms. The quantitative estimate of drug-likeness (QED) is 0.578. The molecule has 34 heavy (non-hydrogen) atoms. The lowest BCUT2D eigenvalue weighted by molar-refractivity contribution is 0.102. The lowest BCUT2D eigenvalue weighted by atomic mass is 10.1. The maximum Gasteiger partial charge on any atom is 0.255 e. The highest BCUT2D eigenvalue weighted by Crippen LogP contribution is 2.26. The Bertz CT molecular complexity index is 1350. The molecule has 1 aromatic heterocycles. The van der Waals surface area contributed by atoms with Gasteiger partial charge in [0.25, 0.3) is 11.5 Å². The van der Waals surface area contributed by atoms with E-state index in [1.54, 1.807) is 58.4 Å². The van der Waals surface area contributed by atoms with Crippen LogP contribution in [0.3, 0.4) is 0 Å². The van der Waals surface area contributed by atoms with Crippen molar-refractivity contribution in [3.05, 3.63) is 93.9 Å². The van der Waals surface area contributed by atoms with Crippen LogP contribution in [0.2, 0.25) is 0 Å². The molecule has 1 amide bonds. The number of piperidine rings is 1. The van der Waals surface area contributed by atoms with E-state index in [0.29, 0.717) is 29.9 Å². The smallest absolute Gasteiger partial charge is 0.255 e. The summed E-state index contributed by atoms with van der Waals surface area (Å²) in [7, 11) is -3.67. The van der Waals surface area contributed by atoms with Gasteiger partial charge in [-0.25, -0.2) is 8.42 Å². The van der Waals surface area contributed by atoms with Crippen molar-refractivity contribution >= 4 is 21.6 Å². The molecule has 1 saturated heterocycles. The SMILES string of the molecule is Cc1ccc(S(=O)(=O)N2CCCCC2C)cc1C(=O)Nc1ccc(Cn2ccccc2=O)cc1. The molecule has 1 aliphatic rings. The van der Waals surface area contributed by atoms with E-state index in [4.69, 9.17) is 0 Å². The molecule has 1 fully saturated rings. The van der Waals surface area contributed by atoms with Crippen molar-refractivity contribution in [2.24, 2.45) is 0 Å². The molecule has 178 valence electrons. The summed E-state index contributed by atoms with van der Waals surface area (Å²) in [4.78, 5) is 25.1. The number of benzene rings is 2. The topological polar surface area (TPSA) is 88.5 Å². The van der Waals surface area contributed by atoms with Gasteiger partial charge in [-0.2, -0.15) is 4.31 Å². The van der Waals surface area contributed by atoms with Crippen LogP contribution in [-0.4, -0.2) is 35.8 Å². The predicted molar refractivity (Wildman–Crippen MR) is 133 cm³/mol. The van der Waals surface area contributed by atoms with Gasteiger partial charge in [-0.15, -0.1) is 0 Å². The van der Waals surface area contributed by atoms with Gasteiger partial charge >= 0.3 is 0 Å². The second-order valence-corrected chi connectivity index (χ2v) is 10.6. The Kier molecular flexibility index (Phi) is 7.00. The van der Waals surface area contributed by atoms with E-state index in [9.17, 15) is 18.0 Å². The van der Waals surface area contributed by atoms with Crippen LogP contribution in [0.15, 0.2) is 76.6 Å². The van der Waals surface area contributed by atoms with Crippen LogP contribution in [0.1, 0.15) is 47.7 Å². The third kappa shape index (κ3) is 5.13. The molecule has 2 heterocycles. The third-order valence-corrected chi connectivity index (χ3v) is 8.28. The number of aryl methyl sites for hydroxylation is 1. The number of anilines is 1. The lowest BCUT2D eigenvalue weighted by Crippen LogP contribution is -2.42. The summed E-state index contributed by atoms with van der Waals surface area (Å²) in [5.41, 5.74) is 2.45. The van der Waals surface area contributed by atoms with Crippen molar-refractivity contribution in [3.8, 4) is 0 Å². The molecular formula is C26H29N3O4S. The average molecular weight is 480 g/mol. The minimum atomic E-state index is -3.67. The standard InChI is InChI=1S/C26H29N3O4S/c1-19-9-14-23(34(32,33)29-16-6-3-7-20(29)2)17-24(19)26(31)27-22-12-10-21(11-13-22)18-28-15-5-4-8-25(28)30/h4-5,8-15,17,20H,3,6-7,16,18H2,1-2H3,(H,27,31). The zero-order valence-electron chi connectivity index (χ0n) is 19.4. The molecular weight excluding hydrogens is 450 g/mol. The Labute approximate surface area is 200 Å². The van der Waals surface area contributed by atoms with Gasteiger partial charge in [-0.1, -0.05) is 30.7 Å². The number of nitrogens with zero attached hydrogens (tertiary/aromatic N) is 2. The van der Waals surface area contributed by atoms with Crippen LogP contribution in [0.5, 0.6) is 0 Å². The first kappa shape index (κ1) is 23.9. The first-order valence-corrected chi connectivity index (χ1v) is 12.9. The number of rotatable bonds is 6. The lowest BCUT2D eigenvalue weighted by Gasteiger charge is -2.32. The molecule has 1 aliphatic heterocycles. The number of sulfonamides is 1. The minimum absolute atomic E-state index is 0.0532. The summed E-state index contributed by atoms with van der Waals surface area (Å²) in [6, 6.07) is 16.9. The average Bonchev–Trinajstić information content (AvgIpc) is 2.82. The number of hydrogen-bond acceptors (Lipinski definition) is 4. The molecule has 0 bridgehead atoms. The molecule has 1 N–H and O–H groups in total. The van der Waals surface area contributed by atoms with Gasteiger partial charge in [0.1, 0.15) is 0 Å². The van der Waals surface area contributed by atoms with Crippen molar-refractivity contribution in [3.63, 3.8) is 0 Å². The molecule has 0 saturated carbocycles. The van der Waals surface area contributed by atoms with Gasteiger partial charge in [-0.3, -0.25) is 9.59 Å². The van der Waals surface area contributed by atoms with Gasteiger partial charge in [0, 0.05) is 36.1 Å². The van der Waals surface area contributed by atoms with E-state index in [0.717, 1.165) is 24.8 Å². The molecule has 4 rings (SSSR count). The van der Waals surface area contributed by atoms with Crippen LogP contribution in [0.25, 0.3) is 0 Å². The van der Waals surface area contributed by atoms with Crippen LogP contribution >= 0.6 is 0 Å². The number of carbonyl (C=O) groups is 1. The van der Waals surface area contributed by atoms with Crippen molar-refractivity contribution in [2.45, 2.75) is 50.6 Å². The number of carbonyl (C=O) groups excluding carboxylic acids is 1. The third-order valence-electron chi connectivity index (χ3n) is 6.27. The Morgan fingerprint density at radius 1 is 1.06 bits per heavy atom. The van der Waals surface area contributed by atoms with E-state index in [1.807, 2.05) is 19.1 Å². The van der Waals surface area contributed by atoms with Crippen LogP contribution in [0, 0.1) is 6.92 Å². The fraction of sp³-hybridized carbons (Fsp3) is 0.308. The van der Waals surface area contributed by atoms with Crippen LogP contribution < -0.4 is 10.9 Å². The predicted octanol–water partition coefficient (Wildman–Crippen LogP) is 4.02. The monoisotopic (exact) mass is 479 g/mol. The van der Waals surface area contributed by atoms with Crippen molar-refractivity contribution in [2.75, 3.05) is 11.9 Å². The van der Waals surface area contributed by atoms with E-state index in [1.165, 1.54) is 12.1 Å². The minimum Gasteiger partial charge on any atom is -0.322 e. The molecule has 0 radical (unpaired) electrons. The number of nitrogens with one attached hydrogen (secondary N) is 1. The number of hydrogen-bond donors (Lipinski definition) is 1. The maximum absolute atomic E-state index is 13.2. The fourth-order valence-corrected chi connectivity index (χ4v) is 5.98. The fourth-order valence-electron chi connectivity index (χ4n) is 4.25. The second kappa shape index (κ2) is 9.95. The zero-order valence-corrected chi connectivity index (χ0v) is 20.2. The molecule has 1 atom stereocenters. The first-order chi connectivity index (χ1) is 16.3. The number of amides is 1. The maximum atomic E-state index is 13.2. The Hall–Kier alpha value is -3.23. The summed E-state index contributed by atoms with van der Waals surface area (Å²) < 4.78 is 29.6. The van der Waals surface area contributed by atoms with Crippen molar-refractivity contribution in [1.29, 1.82) is 0 Å². The summed E-state index contributed by atoms with van der Waals surface area (Å²) in [6.45, 7) is 4.65. The Morgan fingerprint density at radius 3 is 2.53 bits per heavy atom. The molecule has 8 heteroatoms. The van der Waals surface area contributed by atoms with Gasteiger partial charge in [0.2, 0.25) is 10.0 Å². The summed E-state index contributed by atoms with van der Waals surface area (Å²) in [6.07, 6.45) is 4.44. The normalized spacial score (nSPS) is 16.8. The van der Waals surface area contributed by atoms with Crippen LogP contribution in [0.4, 0.5) is 5.69 Å². The zero-order chi connectivity index (χ0) is 24.3. The number of pyridine rings is 1. The highest BCUT2D eigenvalue weighted by atomic mass is 32.2. The largest absolute Gasteiger partial charge is 0.322 e. The summed E-state index contributed by atoms with van der Waals surface area (Å²) in [5, 5.41) is 2.85. The van der Waals surface area contributed by atoms with Gasteiger partial charge in [-0.05, 0) is 68.1 Å². The van der Waals surface area contributed by atoms with Gasteiger partial charge < -0.3 is 9.88 Å². The summed E-state index contributed by atoms with van der Waals surface area (Å²) in [5.74, 6) is -0.367. The van der Waals surface area contributed by atoms with Gasteiger partial charge in [0.05, 0.1) is 11.4 Å². The van der Waals surface area contributed by atoms with Crippen molar-refractivity contribution in [1.82, 2.24) is 8.87 Å². The molecule has 0 aliphatic carbocycles. The molecule has 3 aromatic rings. The van der Waals surface area contributed by atoms with E-state index in [-0.39, 0.29) is 22.4 Å². The highest BCUT2D eigenvalue weighted by molar-refractivity contribution is 7.89. The van der Waals surface area contributed by atoms with Gasteiger partial charge in [0.15, 0.2) is 0 Å². The van der Waals surface area contributed by atoms with Crippen LogP contribution in [-0.2, 0) is 16.6 Å². The van der Waals surface area contributed by atoms with E-state index >= 15 is 0 Å².